The van der Waals surface area contributed by atoms with Crippen LogP contribution in [0, 0.1) is 19.7 Å². The predicted octanol–water partition coefficient (Wildman–Crippen LogP) is 8.25. The molecule has 0 spiro atoms. The summed E-state index contributed by atoms with van der Waals surface area (Å²) in [4.78, 5) is 23.4. The number of amides is 1. The summed E-state index contributed by atoms with van der Waals surface area (Å²) in [6, 6.07) is 8.01. The molecule has 2 aromatic heterocycles. The fourth-order valence-electron chi connectivity index (χ4n) is 4.79. The molecular weight excluding hydrogens is 579 g/mol. The quantitative estimate of drug-likeness (QED) is 0.233. The van der Waals surface area contributed by atoms with Crippen LogP contribution in [0.1, 0.15) is 41.8 Å². The fraction of sp³-hybridized carbons (Fsp3) is 0.258. The van der Waals surface area contributed by atoms with E-state index in [2.05, 4.69) is 9.97 Å². The molecule has 226 valence electrons. The van der Waals surface area contributed by atoms with Gasteiger partial charge >= 0.3 is 12.4 Å². The summed E-state index contributed by atoms with van der Waals surface area (Å²) in [7, 11) is 1.26. The zero-order valence-corrected chi connectivity index (χ0v) is 23.6. The SMILES string of the molecule is Cc1cc(-c2ncc(N(C)C(=O)C(C)(C)c3cc(C(F)(F)F)cc(C(F)(F)F)c3)c(-c3ccc(F)cc3C)c2O)ccn1. The van der Waals surface area contributed by atoms with Crippen molar-refractivity contribution < 1.29 is 40.6 Å². The largest absolute Gasteiger partial charge is 0.505 e. The van der Waals surface area contributed by atoms with Crippen LogP contribution in [0.2, 0.25) is 0 Å². The van der Waals surface area contributed by atoms with E-state index in [1.54, 1.807) is 26.0 Å². The second kappa shape index (κ2) is 11.0. The lowest BCUT2D eigenvalue weighted by atomic mass is 9.81. The van der Waals surface area contributed by atoms with Gasteiger partial charge in [0.25, 0.3) is 0 Å². The molecule has 0 aliphatic carbocycles. The van der Waals surface area contributed by atoms with E-state index in [9.17, 15) is 40.6 Å². The Hall–Kier alpha value is -4.48. The van der Waals surface area contributed by atoms with Gasteiger partial charge in [-0.1, -0.05) is 6.07 Å². The van der Waals surface area contributed by atoms with Crippen LogP contribution in [-0.4, -0.2) is 28.0 Å². The van der Waals surface area contributed by atoms with Gasteiger partial charge in [0, 0.05) is 24.5 Å². The normalized spacial score (nSPS) is 12.4. The molecular formula is C31H26F7N3O2. The van der Waals surface area contributed by atoms with Crippen LogP contribution >= 0.6 is 0 Å². The topological polar surface area (TPSA) is 66.3 Å². The first-order chi connectivity index (χ1) is 19.8. The third kappa shape index (κ3) is 6.18. The number of alkyl halides is 6. The molecule has 43 heavy (non-hydrogen) atoms. The van der Waals surface area contributed by atoms with Crippen molar-refractivity contribution in [3.8, 4) is 28.1 Å². The van der Waals surface area contributed by atoms with Gasteiger partial charge in [-0.3, -0.25) is 14.8 Å². The van der Waals surface area contributed by atoms with Gasteiger partial charge in [-0.15, -0.1) is 0 Å². The van der Waals surface area contributed by atoms with Gasteiger partial charge in [0.15, 0.2) is 5.75 Å². The third-order valence-corrected chi connectivity index (χ3v) is 7.17. The lowest BCUT2D eigenvalue weighted by Gasteiger charge is -2.32. The molecule has 0 radical (unpaired) electrons. The van der Waals surface area contributed by atoms with E-state index in [-0.39, 0.29) is 28.8 Å². The van der Waals surface area contributed by atoms with Crippen molar-refractivity contribution in [1.29, 1.82) is 0 Å². The summed E-state index contributed by atoms with van der Waals surface area (Å²) < 4.78 is 95.5. The first-order valence-corrected chi connectivity index (χ1v) is 12.8. The van der Waals surface area contributed by atoms with Crippen LogP contribution in [0.25, 0.3) is 22.4 Å². The summed E-state index contributed by atoms with van der Waals surface area (Å²) in [6.45, 7) is 5.70. The molecule has 0 saturated heterocycles. The summed E-state index contributed by atoms with van der Waals surface area (Å²) in [5, 5.41) is 11.5. The smallest absolute Gasteiger partial charge is 0.416 e. The Kier molecular flexibility index (Phi) is 8.03. The molecule has 0 saturated carbocycles. The number of rotatable bonds is 5. The van der Waals surface area contributed by atoms with Crippen LogP contribution in [-0.2, 0) is 22.6 Å². The van der Waals surface area contributed by atoms with Crippen molar-refractivity contribution in [2.45, 2.75) is 45.5 Å². The number of carbonyl (C=O) groups excluding carboxylic acids is 1. The Labute approximate surface area is 242 Å². The van der Waals surface area contributed by atoms with Crippen LogP contribution in [0.5, 0.6) is 5.75 Å². The molecule has 1 amide bonds. The monoisotopic (exact) mass is 605 g/mol. The number of carbonyl (C=O) groups is 1. The predicted molar refractivity (Wildman–Crippen MR) is 147 cm³/mol. The first kappa shape index (κ1) is 31.5. The lowest BCUT2D eigenvalue weighted by molar-refractivity contribution is -0.143. The van der Waals surface area contributed by atoms with Crippen LogP contribution in [0.15, 0.2) is 60.9 Å². The fourth-order valence-corrected chi connectivity index (χ4v) is 4.79. The number of nitrogens with zero attached hydrogens (tertiary/aromatic N) is 3. The first-order valence-electron chi connectivity index (χ1n) is 12.8. The Morgan fingerprint density at radius 2 is 1.42 bits per heavy atom. The molecule has 0 unspecified atom stereocenters. The molecule has 2 heterocycles. The Morgan fingerprint density at radius 3 is 1.95 bits per heavy atom. The Morgan fingerprint density at radius 1 is 0.837 bits per heavy atom. The third-order valence-electron chi connectivity index (χ3n) is 7.17. The van der Waals surface area contributed by atoms with Crippen molar-refractivity contribution in [1.82, 2.24) is 9.97 Å². The van der Waals surface area contributed by atoms with E-state index in [0.717, 1.165) is 11.0 Å². The van der Waals surface area contributed by atoms with Crippen LogP contribution in [0.3, 0.4) is 0 Å². The summed E-state index contributed by atoms with van der Waals surface area (Å²) in [5.74, 6) is -1.83. The molecule has 12 heteroatoms. The minimum absolute atomic E-state index is 0.00924. The number of aryl methyl sites for hydroxylation is 2. The maximum Gasteiger partial charge on any atom is 0.416 e. The number of aromatic nitrogens is 2. The highest BCUT2D eigenvalue weighted by Crippen LogP contribution is 2.45. The molecule has 0 fully saturated rings. The highest BCUT2D eigenvalue weighted by Gasteiger charge is 2.41. The summed E-state index contributed by atoms with van der Waals surface area (Å²) in [6.07, 6.45) is -7.45. The van der Waals surface area contributed by atoms with Crippen molar-refractivity contribution in [2.75, 3.05) is 11.9 Å². The van der Waals surface area contributed by atoms with Gasteiger partial charge in [0.1, 0.15) is 11.5 Å². The summed E-state index contributed by atoms with van der Waals surface area (Å²) >= 11 is 0. The molecule has 0 aliphatic rings. The van der Waals surface area contributed by atoms with Crippen molar-refractivity contribution in [2.24, 2.45) is 0 Å². The molecule has 4 aromatic rings. The van der Waals surface area contributed by atoms with Gasteiger partial charge in [0.2, 0.25) is 5.91 Å². The van der Waals surface area contributed by atoms with E-state index < -0.39 is 46.2 Å². The number of halogens is 7. The number of pyridine rings is 2. The van der Waals surface area contributed by atoms with E-state index in [1.807, 2.05) is 0 Å². The van der Waals surface area contributed by atoms with E-state index in [0.29, 0.717) is 34.5 Å². The molecule has 4 rings (SSSR count). The Bertz CT molecular complexity index is 1680. The molecule has 0 bridgehead atoms. The van der Waals surface area contributed by atoms with E-state index in [1.165, 1.54) is 45.4 Å². The number of likely N-dealkylation sites (N-methyl/N-ethyl adjacent to an activating group) is 1. The molecule has 0 atom stereocenters. The van der Waals surface area contributed by atoms with Gasteiger partial charge < -0.3 is 10.0 Å². The zero-order chi connectivity index (χ0) is 32.1. The molecule has 5 nitrogen and oxygen atoms in total. The number of anilines is 1. The van der Waals surface area contributed by atoms with Crippen molar-refractivity contribution >= 4 is 11.6 Å². The minimum Gasteiger partial charge on any atom is -0.505 e. The van der Waals surface area contributed by atoms with E-state index >= 15 is 0 Å². The van der Waals surface area contributed by atoms with Gasteiger partial charge in [0.05, 0.1) is 34.0 Å². The van der Waals surface area contributed by atoms with Gasteiger partial charge in [-0.05, 0) is 86.8 Å². The average Bonchev–Trinajstić information content (AvgIpc) is 2.91. The molecule has 0 aliphatic heterocycles. The number of hydrogen-bond acceptors (Lipinski definition) is 4. The molecule has 2 aromatic carbocycles. The number of aromatic hydroxyl groups is 1. The van der Waals surface area contributed by atoms with E-state index in [4.69, 9.17) is 0 Å². The van der Waals surface area contributed by atoms with Gasteiger partial charge in [-0.25, -0.2) is 4.39 Å². The van der Waals surface area contributed by atoms with Crippen molar-refractivity contribution in [3.63, 3.8) is 0 Å². The zero-order valence-electron chi connectivity index (χ0n) is 23.6. The second-order valence-electron chi connectivity index (χ2n) is 10.6. The molecule has 1 N–H and O–H groups in total. The number of hydrogen-bond donors (Lipinski definition) is 1. The Balaban J connectivity index is 1.91. The standard InChI is InChI=1S/C31H26F7N3O2/c1-16-10-22(32)6-7-23(16)25-24(15-40-26(27(25)42)18-8-9-39-17(2)11-18)41(5)28(43)29(3,4)19-12-20(30(33,34)35)14-21(13-19)31(36,37)38/h6-15,42H,1-5H3. The van der Waals surface area contributed by atoms with Crippen molar-refractivity contribution in [3.05, 3.63) is 94.7 Å². The highest BCUT2D eigenvalue weighted by molar-refractivity contribution is 6.04. The maximum absolute atomic E-state index is 14.0. The lowest BCUT2D eigenvalue weighted by Crippen LogP contribution is -2.42. The minimum atomic E-state index is -5.11. The van der Waals surface area contributed by atoms with Crippen LogP contribution < -0.4 is 4.90 Å². The number of benzene rings is 2. The van der Waals surface area contributed by atoms with Gasteiger partial charge in [-0.2, -0.15) is 26.3 Å². The maximum atomic E-state index is 14.0. The summed E-state index contributed by atoms with van der Waals surface area (Å²) in [5.41, 5.74) is -3.58. The second-order valence-corrected chi connectivity index (χ2v) is 10.6. The highest BCUT2D eigenvalue weighted by atomic mass is 19.4. The average molecular weight is 606 g/mol. The van der Waals surface area contributed by atoms with Crippen LogP contribution in [0.4, 0.5) is 36.4 Å².